The number of carbonyl (C=O) groups excluding carboxylic acids is 2. The number of hydrogen-bond donors (Lipinski definition) is 1. The first-order valence-corrected chi connectivity index (χ1v) is 9.20. The van der Waals surface area contributed by atoms with Crippen LogP contribution in [0, 0.1) is 11.7 Å². The van der Waals surface area contributed by atoms with Gasteiger partial charge in [-0.25, -0.2) is 14.1 Å². The van der Waals surface area contributed by atoms with Crippen LogP contribution in [0.15, 0.2) is 36.9 Å². The Morgan fingerprint density at radius 1 is 1.30 bits per heavy atom. The smallest absolute Gasteiger partial charge is 0.247 e. The maximum atomic E-state index is 13.6. The third kappa shape index (κ3) is 4.69. The first-order chi connectivity index (χ1) is 13.1. The van der Waals surface area contributed by atoms with Gasteiger partial charge in [0.25, 0.3) is 0 Å². The summed E-state index contributed by atoms with van der Waals surface area (Å²) in [6, 6.07) is 6.17. The van der Waals surface area contributed by atoms with Gasteiger partial charge < -0.3 is 10.2 Å². The maximum absolute atomic E-state index is 13.6. The Bertz CT molecular complexity index is 772. The number of rotatable bonds is 6. The number of likely N-dealkylation sites (tertiary alicyclic amines) is 1. The standard InChI is InChI=1S/C19H24FN5O2/c1-14(25-13-21-12-23-25)19(27)24-10-7-16(8-11-24)18(26)22-9-6-15-4-2-3-5-17(15)20/h2-5,12-14,16H,6-11H2,1H3,(H,22,26). The van der Waals surface area contributed by atoms with Crippen LogP contribution in [0.5, 0.6) is 0 Å². The van der Waals surface area contributed by atoms with Crippen LogP contribution in [0.25, 0.3) is 0 Å². The van der Waals surface area contributed by atoms with E-state index < -0.39 is 6.04 Å². The molecule has 1 saturated heterocycles. The van der Waals surface area contributed by atoms with Crippen LogP contribution in [-0.2, 0) is 16.0 Å². The summed E-state index contributed by atoms with van der Waals surface area (Å²) < 4.78 is 15.1. The van der Waals surface area contributed by atoms with Gasteiger partial charge in [0, 0.05) is 25.6 Å². The molecule has 0 bridgehead atoms. The van der Waals surface area contributed by atoms with Crippen molar-refractivity contribution in [2.24, 2.45) is 5.92 Å². The van der Waals surface area contributed by atoms with Crippen LogP contribution in [0.2, 0.25) is 0 Å². The highest BCUT2D eigenvalue weighted by Gasteiger charge is 2.29. The van der Waals surface area contributed by atoms with Crippen LogP contribution in [-0.4, -0.2) is 51.1 Å². The van der Waals surface area contributed by atoms with Crippen molar-refractivity contribution in [1.29, 1.82) is 0 Å². The minimum atomic E-state index is -0.404. The fourth-order valence-electron chi connectivity index (χ4n) is 3.32. The lowest BCUT2D eigenvalue weighted by molar-refractivity contribution is -0.138. The predicted molar refractivity (Wildman–Crippen MR) is 97.2 cm³/mol. The van der Waals surface area contributed by atoms with Crippen LogP contribution >= 0.6 is 0 Å². The lowest BCUT2D eigenvalue weighted by atomic mass is 9.95. The van der Waals surface area contributed by atoms with Gasteiger partial charge in [-0.15, -0.1) is 0 Å². The molecule has 0 radical (unpaired) electrons. The largest absolute Gasteiger partial charge is 0.356 e. The Morgan fingerprint density at radius 2 is 2.04 bits per heavy atom. The van der Waals surface area contributed by atoms with E-state index in [9.17, 15) is 14.0 Å². The summed E-state index contributed by atoms with van der Waals surface area (Å²) in [4.78, 5) is 30.5. The molecule has 1 atom stereocenters. The van der Waals surface area contributed by atoms with E-state index in [4.69, 9.17) is 0 Å². The van der Waals surface area contributed by atoms with Gasteiger partial charge in [-0.2, -0.15) is 5.10 Å². The molecule has 1 N–H and O–H groups in total. The molecule has 8 heteroatoms. The SMILES string of the molecule is CC(C(=O)N1CCC(C(=O)NCCc2ccccc2F)CC1)n1cncn1. The van der Waals surface area contributed by atoms with Crippen molar-refractivity contribution in [1.82, 2.24) is 25.0 Å². The number of nitrogens with zero attached hydrogens (tertiary/aromatic N) is 4. The fourth-order valence-corrected chi connectivity index (χ4v) is 3.32. The van der Waals surface area contributed by atoms with Crippen molar-refractivity contribution < 1.29 is 14.0 Å². The van der Waals surface area contributed by atoms with Crippen molar-refractivity contribution in [3.05, 3.63) is 48.3 Å². The third-order valence-electron chi connectivity index (χ3n) is 5.02. The zero-order chi connectivity index (χ0) is 19.2. The molecule has 1 fully saturated rings. The molecule has 2 aromatic rings. The number of amides is 2. The molecule has 1 aliphatic heterocycles. The first-order valence-electron chi connectivity index (χ1n) is 9.20. The maximum Gasteiger partial charge on any atom is 0.247 e. The second-order valence-electron chi connectivity index (χ2n) is 6.78. The molecule has 1 aromatic heterocycles. The van der Waals surface area contributed by atoms with E-state index in [0.29, 0.717) is 44.5 Å². The van der Waals surface area contributed by atoms with Gasteiger partial charge in [-0.05, 0) is 37.8 Å². The fraction of sp³-hybridized carbons (Fsp3) is 0.474. The Hall–Kier alpha value is -2.77. The zero-order valence-electron chi connectivity index (χ0n) is 15.3. The number of nitrogens with one attached hydrogen (secondary N) is 1. The molecule has 1 unspecified atom stereocenters. The quantitative estimate of drug-likeness (QED) is 0.834. The molecule has 0 aliphatic carbocycles. The van der Waals surface area contributed by atoms with Gasteiger partial charge in [-0.1, -0.05) is 18.2 Å². The number of hydrogen-bond acceptors (Lipinski definition) is 4. The molecule has 0 saturated carbocycles. The van der Waals surface area contributed by atoms with E-state index in [1.807, 2.05) is 0 Å². The van der Waals surface area contributed by atoms with E-state index in [2.05, 4.69) is 15.4 Å². The number of benzene rings is 1. The summed E-state index contributed by atoms with van der Waals surface area (Å²) in [6.45, 7) is 3.29. The van der Waals surface area contributed by atoms with Gasteiger partial charge in [0.05, 0.1) is 0 Å². The van der Waals surface area contributed by atoms with Crippen molar-refractivity contribution in [2.45, 2.75) is 32.2 Å². The highest BCUT2D eigenvalue weighted by atomic mass is 19.1. The van der Waals surface area contributed by atoms with Crippen LogP contribution < -0.4 is 5.32 Å². The zero-order valence-corrected chi connectivity index (χ0v) is 15.3. The molecule has 7 nitrogen and oxygen atoms in total. The summed E-state index contributed by atoms with van der Waals surface area (Å²) in [6.07, 6.45) is 4.65. The molecule has 2 heterocycles. The van der Waals surface area contributed by atoms with Crippen LogP contribution in [0.4, 0.5) is 4.39 Å². The molecule has 1 aromatic carbocycles. The number of carbonyl (C=O) groups is 2. The minimum Gasteiger partial charge on any atom is -0.356 e. The lowest BCUT2D eigenvalue weighted by Crippen LogP contribution is -2.45. The van der Waals surface area contributed by atoms with Crippen molar-refractivity contribution in [3.8, 4) is 0 Å². The highest BCUT2D eigenvalue weighted by Crippen LogP contribution is 2.20. The highest BCUT2D eigenvalue weighted by molar-refractivity contribution is 5.81. The molecule has 27 heavy (non-hydrogen) atoms. The van der Waals surface area contributed by atoms with Gasteiger partial charge in [-0.3, -0.25) is 9.59 Å². The van der Waals surface area contributed by atoms with Crippen LogP contribution in [0.3, 0.4) is 0 Å². The first kappa shape index (κ1) is 19.0. The van der Waals surface area contributed by atoms with Crippen molar-refractivity contribution in [3.63, 3.8) is 0 Å². The van der Waals surface area contributed by atoms with E-state index in [1.165, 1.54) is 23.4 Å². The van der Waals surface area contributed by atoms with E-state index in [0.717, 1.165) is 0 Å². The van der Waals surface area contributed by atoms with E-state index >= 15 is 0 Å². The number of aromatic nitrogens is 3. The average molecular weight is 373 g/mol. The van der Waals surface area contributed by atoms with Crippen LogP contribution in [0.1, 0.15) is 31.4 Å². The summed E-state index contributed by atoms with van der Waals surface area (Å²) in [5.41, 5.74) is 0.598. The minimum absolute atomic E-state index is 0.0149. The van der Waals surface area contributed by atoms with Crippen molar-refractivity contribution in [2.75, 3.05) is 19.6 Å². The molecule has 3 rings (SSSR count). The van der Waals surface area contributed by atoms with Gasteiger partial charge >= 0.3 is 0 Å². The summed E-state index contributed by atoms with van der Waals surface area (Å²) in [7, 11) is 0. The van der Waals surface area contributed by atoms with Crippen molar-refractivity contribution >= 4 is 11.8 Å². The van der Waals surface area contributed by atoms with Gasteiger partial charge in [0.15, 0.2) is 0 Å². The number of halogens is 1. The molecule has 144 valence electrons. The number of piperidine rings is 1. The summed E-state index contributed by atoms with van der Waals surface area (Å²) in [5, 5.41) is 6.89. The van der Waals surface area contributed by atoms with Gasteiger partial charge in [0.1, 0.15) is 24.5 Å². The topological polar surface area (TPSA) is 80.1 Å². The molecule has 1 aliphatic rings. The molecular formula is C19H24FN5O2. The Labute approximate surface area is 157 Å². The van der Waals surface area contributed by atoms with E-state index in [1.54, 1.807) is 30.0 Å². The lowest BCUT2D eigenvalue weighted by Gasteiger charge is -2.33. The normalized spacial score (nSPS) is 16.1. The average Bonchev–Trinajstić information content (AvgIpc) is 3.23. The monoisotopic (exact) mass is 373 g/mol. The molecule has 0 spiro atoms. The van der Waals surface area contributed by atoms with E-state index in [-0.39, 0.29) is 23.5 Å². The Kier molecular flexibility index (Phi) is 6.16. The second kappa shape index (κ2) is 8.75. The Morgan fingerprint density at radius 3 is 2.70 bits per heavy atom. The molecule has 2 amide bonds. The third-order valence-corrected chi connectivity index (χ3v) is 5.02. The summed E-state index contributed by atoms with van der Waals surface area (Å²) >= 11 is 0. The van der Waals surface area contributed by atoms with Gasteiger partial charge in [0.2, 0.25) is 11.8 Å². The second-order valence-corrected chi connectivity index (χ2v) is 6.78. The Balaban J connectivity index is 1.42. The summed E-state index contributed by atoms with van der Waals surface area (Å²) in [5.74, 6) is -0.405. The molecular weight excluding hydrogens is 349 g/mol. The predicted octanol–water partition coefficient (Wildman–Crippen LogP) is 1.58.